The van der Waals surface area contributed by atoms with Gasteiger partial charge < -0.3 is 15.2 Å². The molecule has 1 aromatic carbocycles. The van der Waals surface area contributed by atoms with Gasteiger partial charge in [0.1, 0.15) is 17.6 Å². The number of amides is 2. The number of carbonyl (C=O) groups excluding carboxylic acids is 1. The first-order chi connectivity index (χ1) is 9.93. The molecule has 6 nitrogen and oxygen atoms in total. The summed E-state index contributed by atoms with van der Waals surface area (Å²) in [7, 11) is 1.36. The summed E-state index contributed by atoms with van der Waals surface area (Å²) in [5, 5.41) is 11.5. The number of nitrogens with one attached hydrogen (secondary N) is 1. The van der Waals surface area contributed by atoms with Gasteiger partial charge in [0.05, 0.1) is 18.2 Å². The number of rotatable bonds is 3. The predicted octanol–water partition coefficient (Wildman–Crippen LogP) is 2.21. The van der Waals surface area contributed by atoms with Gasteiger partial charge in [0.25, 0.3) is 0 Å². The Balaban J connectivity index is 2.19. The fourth-order valence-electron chi connectivity index (χ4n) is 2.09. The molecule has 8 heteroatoms. The Kier molecular flexibility index (Phi) is 4.56. The van der Waals surface area contributed by atoms with Crippen LogP contribution in [-0.4, -0.2) is 46.3 Å². The summed E-state index contributed by atoms with van der Waals surface area (Å²) < 4.78 is 18.1. The Morgan fingerprint density at radius 3 is 2.86 bits per heavy atom. The van der Waals surface area contributed by atoms with Crippen LogP contribution in [0.2, 0.25) is 0 Å². The number of anilines is 1. The first-order valence-corrected chi connectivity index (χ1v) is 7.26. The lowest BCUT2D eigenvalue weighted by molar-refractivity contribution is -0.141. The fourth-order valence-corrected chi connectivity index (χ4v) is 3.26. The number of nitrogens with zero attached hydrogens (tertiary/aromatic N) is 1. The third-order valence-corrected chi connectivity index (χ3v) is 4.37. The molecule has 21 heavy (non-hydrogen) atoms. The fraction of sp³-hybridized carbons (Fsp3) is 0.385. The number of halogens is 1. The highest BCUT2D eigenvalue weighted by atomic mass is 32.2. The van der Waals surface area contributed by atoms with E-state index in [2.05, 4.69) is 5.32 Å². The van der Waals surface area contributed by atoms with E-state index >= 15 is 0 Å². The molecule has 0 bridgehead atoms. The minimum atomic E-state index is -1.05. The zero-order valence-corrected chi connectivity index (χ0v) is 12.3. The largest absolute Gasteiger partial charge is 0.494 e. The number of ether oxygens (including phenoxy) is 1. The van der Waals surface area contributed by atoms with E-state index in [1.165, 1.54) is 35.9 Å². The molecular formula is C13H15FN2O4S. The quantitative estimate of drug-likeness (QED) is 0.894. The highest BCUT2D eigenvalue weighted by Crippen LogP contribution is 2.31. The molecular weight excluding hydrogens is 299 g/mol. The molecule has 114 valence electrons. The van der Waals surface area contributed by atoms with E-state index in [1.807, 2.05) is 0 Å². The van der Waals surface area contributed by atoms with Crippen molar-refractivity contribution in [3.63, 3.8) is 0 Å². The van der Waals surface area contributed by atoms with Crippen LogP contribution in [0, 0.1) is 5.82 Å². The minimum Gasteiger partial charge on any atom is -0.494 e. The van der Waals surface area contributed by atoms with E-state index in [0.717, 1.165) is 6.07 Å². The minimum absolute atomic E-state index is 0.176. The van der Waals surface area contributed by atoms with Gasteiger partial charge in [-0.15, -0.1) is 11.8 Å². The summed E-state index contributed by atoms with van der Waals surface area (Å²) in [5.41, 5.74) is 0.289. The Morgan fingerprint density at radius 1 is 1.52 bits per heavy atom. The molecule has 0 aromatic heterocycles. The summed E-state index contributed by atoms with van der Waals surface area (Å²) in [6, 6.07) is 2.28. The molecule has 0 saturated carbocycles. The van der Waals surface area contributed by atoms with Gasteiger partial charge in [-0.1, -0.05) is 0 Å². The third-order valence-electron chi connectivity index (χ3n) is 3.15. The molecule has 2 rings (SSSR count). The molecule has 2 amide bonds. The molecule has 0 radical (unpaired) electrons. The Labute approximate surface area is 125 Å². The van der Waals surface area contributed by atoms with Crippen LogP contribution < -0.4 is 10.1 Å². The van der Waals surface area contributed by atoms with Crippen molar-refractivity contribution in [3.05, 3.63) is 24.0 Å². The van der Waals surface area contributed by atoms with Crippen LogP contribution in [0.4, 0.5) is 14.9 Å². The van der Waals surface area contributed by atoms with Crippen molar-refractivity contribution in [3.8, 4) is 5.75 Å². The van der Waals surface area contributed by atoms with Crippen molar-refractivity contribution in [2.75, 3.05) is 18.2 Å². The maximum Gasteiger partial charge on any atom is 0.327 e. The smallest absolute Gasteiger partial charge is 0.327 e. The van der Waals surface area contributed by atoms with E-state index in [-0.39, 0.29) is 16.8 Å². The average molecular weight is 314 g/mol. The van der Waals surface area contributed by atoms with Crippen LogP contribution in [-0.2, 0) is 4.79 Å². The molecule has 1 aliphatic heterocycles. The summed E-state index contributed by atoms with van der Waals surface area (Å²) in [6.45, 7) is 1.76. The van der Waals surface area contributed by atoms with Crippen LogP contribution in [0.3, 0.4) is 0 Å². The Morgan fingerprint density at radius 2 is 2.24 bits per heavy atom. The first kappa shape index (κ1) is 15.4. The number of carboxylic acid groups (broad SMARTS) is 1. The molecule has 1 fully saturated rings. The van der Waals surface area contributed by atoms with Gasteiger partial charge in [0.15, 0.2) is 0 Å². The average Bonchev–Trinajstić information content (AvgIpc) is 2.82. The number of aliphatic carboxylic acids is 1. The third kappa shape index (κ3) is 3.21. The van der Waals surface area contributed by atoms with Crippen molar-refractivity contribution in [2.45, 2.75) is 18.3 Å². The van der Waals surface area contributed by atoms with Gasteiger partial charge in [-0.25, -0.2) is 14.0 Å². The Hall–Kier alpha value is -1.96. The number of benzene rings is 1. The van der Waals surface area contributed by atoms with Gasteiger partial charge in [-0.05, 0) is 19.1 Å². The predicted molar refractivity (Wildman–Crippen MR) is 77.2 cm³/mol. The van der Waals surface area contributed by atoms with Gasteiger partial charge in [0.2, 0.25) is 0 Å². The summed E-state index contributed by atoms with van der Waals surface area (Å²) in [4.78, 5) is 24.7. The second-order valence-corrected chi connectivity index (χ2v) is 5.82. The molecule has 1 saturated heterocycles. The van der Waals surface area contributed by atoms with E-state index in [9.17, 15) is 14.0 Å². The van der Waals surface area contributed by atoms with Crippen molar-refractivity contribution in [1.82, 2.24) is 4.90 Å². The first-order valence-electron chi connectivity index (χ1n) is 6.21. The number of carboxylic acids is 1. The summed E-state index contributed by atoms with van der Waals surface area (Å²) >= 11 is 1.39. The lowest BCUT2D eigenvalue weighted by Gasteiger charge is -2.25. The maximum absolute atomic E-state index is 13.1. The SMILES string of the molecule is COc1cc(F)ccc1NC(=O)N1C(C)SCC1C(=O)O. The molecule has 1 heterocycles. The number of hydrogen-bond donors (Lipinski definition) is 2. The van der Waals surface area contributed by atoms with Crippen LogP contribution in [0.25, 0.3) is 0 Å². The number of urea groups is 1. The van der Waals surface area contributed by atoms with Gasteiger partial charge in [-0.2, -0.15) is 0 Å². The monoisotopic (exact) mass is 314 g/mol. The van der Waals surface area contributed by atoms with E-state index in [4.69, 9.17) is 9.84 Å². The van der Waals surface area contributed by atoms with Crippen molar-refractivity contribution in [1.29, 1.82) is 0 Å². The molecule has 1 aliphatic rings. The van der Waals surface area contributed by atoms with Crippen molar-refractivity contribution < 1.29 is 23.8 Å². The van der Waals surface area contributed by atoms with Crippen molar-refractivity contribution in [2.24, 2.45) is 0 Å². The lowest BCUT2D eigenvalue weighted by atomic mass is 10.2. The van der Waals surface area contributed by atoms with Crippen LogP contribution >= 0.6 is 11.8 Å². The maximum atomic E-state index is 13.1. The number of hydrogen-bond acceptors (Lipinski definition) is 4. The second-order valence-electron chi connectivity index (χ2n) is 4.47. The van der Waals surface area contributed by atoms with Crippen molar-refractivity contribution >= 4 is 29.4 Å². The highest BCUT2D eigenvalue weighted by Gasteiger charge is 2.39. The number of carbonyl (C=O) groups is 2. The van der Waals surface area contributed by atoms with Crippen LogP contribution in [0.15, 0.2) is 18.2 Å². The number of methoxy groups -OCH3 is 1. The number of thioether (sulfide) groups is 1. The summed E-state index contributed by atoms with van der Waals surface area (Å²) in [6.07, 6.45) is 0. The van der Waals surface area contributed by atoms with E-state index in [0.29, 0.717) is 5.75 Å². The molecule has 0 aliphatic carbocycles. The lowest BCUT2D eigenvalue weighted by Crippen LogP contribution is -2.46. The Bertz CT molecular complexity index is 569. The topological polar surface area (TPSA) is 78.9 Å². The van der Waals surface area contributed by atoms with E-state index < -0.39 is 23.9 Å². The molecule has 2 N–H and O–H groups in total. The second kappa shape index (κ2) is 6.21. The van der Waals surface area contributed by atoms with Gasteiger partial charge >= 0.3 is 12.0 Å². The summed E-state index contributed by atoms with van der Waals surface area (Å²) in [5.74, 6) is -1.02. The van der Waals surface area contributed by atoms with E-state index in [1.54, 1.807) is 6.92 Å². The molecule has 0 spiro atoms. The van der Waals surface area contributed by atoms with Crippen LogP contribution in [0.1, 0.15) is 6.92 Å². The molecule has 1 aromatic rings. The zero-order chi connectivity index (χ0) is 15.6. The zero-order valence-electron chi connectivity index (χ0n) is 11.5. The normalized spacial score (nSPS) is 21.2. The standard InChI is InChI=1S/C13H15FN2O4S/c1-7-16(10(6-21-7)12(17)18)13(19)15-9-4-3-8(14)5-11(9)20-2/h3-5,7,10H,6H2,1-2H3,(H,15,19)(H,17,18). The van der Waals surface area contributed by atoms with Crippen LogP contribution in [0.5, 0.6) is 5.75 Å². The van der Waals surface area contributed by atoms with Gasteiger partial charge in [-0.3, -0.25) is 4.90 Å². The van der Waals surface area contributed by atoms with Gasteiger partial charge in [0, 0.05) is 11.8 Å². The highest BCUT2D eigenvalue weighted by molar-refractivity contribution is 8.00. The molecule has 2 atom stereocenters. The molecule has 2 unspecified atom stereocenters.